The van der Waals surface area contributed by atoms with Gasteiger partial charge in [0, 0.05) is 55.5 Å². The van der Waals surface area contributed by atoms with Gasteiger partial charge >= 0.3 is 11.7 Å². The van der Waals surface area contributed by atoms with Crippen molar-refractivity contribution >= 4 is 38.4 Å². The zero-order chi connectivity index (χ0) is 34.4. The van der Waals surface area contributed by atoms with Crippen molar-refractivity contribution < 1.29 is 36.2 Å². The van der Waals surface area contributed by atoms with Crippen LogP contribution in [0.1, 0.15) is 37.7 Å². The lowest BCUT2D eigenvalue weighted by Gasteiger charge is -2.15. The Morgan fingerprint density at radius 1 is 1.06 bits per heavy atom. The first-order valence-electron chi connectivity index (χ1n) is 15.1. The molecule has 0 aliphatic carbocycles. The van der Waals surface area contributed by atoms with Gasteiger partial charge < -0.3 is 15.6 Å². The van der Waals surface area contributed by atoms with Crippen LogP contribution in [0, 0.1) is 5.82 Å². The number of carboxylic acid groups (broad SMARTS) is 1. The molecule has 0 atom stereocenters. The summed E-state index contributed by atoms with van der Waals surface area (Å²) in [6, 6.07) is 10.1. The predicted molar refractivity (Wildman–Crippen MR) is 174 cm³/mol. The number of nitrogens with zero attached hydrogens (tertiary/aromatic N) is 5. The number of ether oxygens (including phenoxy) is 1. The summed E-state index contributed by atoms with van der Waals surface area (Å²) >= 11 is 0. The monoisotopic (exact) mass is 685 g/mol. The fraction of sp³-hybridized carbons (Fsp3) is 0.312. The second kappa shape index (κ2) is 14.8. The van der Waals surface area contributed by atoms with Crippen LogP contribution in [0.5, 0.6) is 5.75 Å². The Morgan fingerprint density at radius 2 is 1.81 bits per heavy atom. The van der Waals surface area contributed by atoms with Crippen LogP contribution in [-0.2, 0) is 34.8 Å². The quantitative estimate of drug-likeness (QED) is 0.108. The number of fused-ring (bicyclic) bond motifs is 1. The summed E-state index contributed by atoms with van der Waals surface area (Å²) in [5.74, 6) is -4.70. The minimum absolute atomic E-state index is 0.0236. The lowest BCUT2D eigenvalue weighted by Crippen LogP contribution is -2.21. The van der Waals surface area contributed by atoms with Gasteiger partial charge in [0.15, 0.2) is 0 Å². The summed E-state index contributed by atoms with van der Waals surface area (Å²) in [5.41, 5.74) is 9.93. The van der Waals surface area contributed by atoms with Crippen molar-refractivity contribution in [1.29, 1.82) is 0 Å². The molecule has 0 bridgehead atoms. The van der Waals surface area contributed by atoms with E-state index in [2.05, 4.69) is 10.1 Å². The Balaban J connectivity index is 1.43. The number of hydrogen-bond donors (Lipinski definition) is 3. The van der Waals surface area contributed by atoms with Crippen molar-refractivity contribution in [2.75, 3.05) is 17.1 Å². The van der Waals surface area contributed by atoms with E-state index < -0.39 is 27.6 Å². The van der Waals surface area contributed by atoms with Crippen molar-refractivity contribution in [3.63, 3.8) is 0 Å². The van der Waals surface area contributed by atoms with E-state index in [0.29, 0.717) is 47.1 Å². The summed E-state index contributed by atoms with van der Waals surface area (Å²) in [5, 5.41) is 18.5. The molecule has 0 amide bonds. The molecule has 0 radical (unpaired) electrons. The van der Waals surface area contributed by atoms with Gasteiger partial charge in [-0.05, 0) is 42.7 Å². The van der Waals surface area contributed by atoms with Gasteiger partial charge in [-0.1, -0.05) is 31.0 Å². The van der Waals surface area contributed by atoms with Crippen molar-refractivity contribution in [3.8, 4) is 28.1 Å². The van der Waals surface area contributed by atoms with Crippen LogP contribution in [0.3, 0.4) is 0 Å². The fourth-order valence-corrected chi connectivity index (χ4v) is 5.84. The number of aliphatic carboxylic acids is 1. The van der Waals surface area contributed by atoms with Gasteiger partial charge in [-0.3, -0.25) is 18.9 Å². The number of aryl methyl sites for hydroxylation is 2. The molecule has 5 aromatic rings. The molecule has 0 spiro atoms. The maximum atomic E-state index is 13.3. The van der Waals surface area contributed by atoms with Gasteiger partial charge in [-0.2, -0.15) is 19.0 Å². The maximum Gasteiger partial charge on any atom is 0.355 e. The topological polar surface area (TPSA) is 167 Å². The Hall–Kier alpha value is -5.12. The summed E-state index contributed by atoms with van der Waals surface area (Å²) in [6.07, 6.45) is 8.88. The number of anilines is 2. The number of carbonyl (C=O) groups is 1. The number of nitrogens with one attached hydrogen (secondary N) is 1. The molecular weight excluding hydrogens is 651 g/mol. The van der Waals surface area contributed by atoms with Crippen LogP contribution < -0.4 is 15.2 Å². The van der Waals surface area contributed by atoms with E-state index in [1.165, 1.54) is 30.3 Å². The molecule has 12 nitrogen and oxygen atoms in total. The number of halogens is 3. The first-order chi connectivity index (χ1) is 22.9. The Labute approximate surface area is 274 Å². The summed E-state index contributed by atoms with van der Waals surface area (Å²) < 4.78 is 75.1. The Morgan fingerprint density at radius 3 is 2.54 bits per heavy atom. The number of alkyl halides is 2. The van der Waals surface area contributed by atoms with Crippen LogP contribution in [-0.4, -0.2) is 56.4 Å². The molecule has 0 fully saturated rings. The number of pyridine rings is 1. The molecule has 5 rings (SSSR count). The molecule has 0 aliphatic heterocycles. The number of carboxylic acids is 1. The fourth-order valence-electron chi connectivity index (χ4n) is 5.28. The zero-order valence-corrected chi connectivity index (χ0v) is 26.8. The number of hydrogen-bond acceptors (Lipinski definition) is 8. The SMILES string of the molecule is Cn1nc(-c2ccc(NS(=O)(=O)C(F)F)c(OCCc3ccc(F)cc3)c2)c2c(N)ncc(-c3cnn(CCCCCCC(=O)O)c3)c21. The molecule has 254 valence electrons. The van der Waals surface area contributed by atoms with E-state index in [0.717, 1.165) is 30.4 Å². The molecule has 3 heterocycles. The lowest BCUT2D eigenvalue weighted by atomic mass is 10.0. The van der Waals surface area contributed by atoms with E-state index in [-0.39, 0.29) is 30.3 Å². The molecule has 0 saturated carbocycles. The first-order valence-corrected chi connectivity index (χ1v) is 16.6. The summed E-state index contributed by atoms with van der Waals surface area (Å²) in [6.45, 7) is 0.683. The largest absolute Gasteiger partial charge is 0.491 e. The van der Waals surface area contributed by atoms with Crippen molar-refractivity contribution in [3.05, 3.63) is 72.4 Å². The van der Waals surface area contributed by atoms with Crippen LogP contribution in [0.2, 0.25) is 0 Å². The van der Waals surface area contributed by atoms with E-state index in [9.17, 15) is 26.4 Å². The minimum atomic E-state index is -5.00. The smallest absolute Gasteiger partial charge is 0.355 e. The highest BCUT2D eigenvalue weighted by molar-refractivity contribution is 7.93. The molecule has 0 unspecified atom stereocenters. The normalized spacial score (nSPS) is 11.8. The third kappa shape index (κ3) is 8.05. The van der Waals surface area contributed by atoms with Gasteiger partial charge in [0.05, 0.1) is 29.4 Å². The highest BCUT2D eigenvalue weighted by Gasteiger charge is 2.26. The Kier molecular flexibility index (Phi) is 10.5. The molecule has 16 heteroatoms. The van der Waals surface area contributed by atoms with Crippen LogP contribution in [0.4, 0.5) is 24.7 Å². The maximum absolute atomic E-state index is 13.3. The summed E-state index contributed by atoms with van der Waals surface area (Å²) in [4.78, 5) is 15.1. The lowest BCUT2D eigenvalue weighted by molar-refractivity contribution is -0.137. The van der Waals surface area contributed by atoms with E-state index in [1.807, 2.05) is 10.9 Å². The summed E-state index contributed by atoms with van der Waals surface area (Å²) in [7, 11) is -3.26. The number of nitrogens with two attached hydrogens (primary N) is 1. The van der Waals surface area contributed by atoms with Gasteiger partial charge in [0.2, 0.25) is 0 Å². The van der Waals surface area contributed by atoms with Crippen LogP contribution in [0.25, 0.3) is 33.3 Å². The average molecular weight is 686 g/mol. The predicted octanol–water partition coefficient (Wildman–Crippen LogP) is 5.84. The number of benzene rings is 2. The van der Waals surface area contributed by atoms with Crippen LogP contribution >= 0.6 is 0 Å². The minimum Gasteiger partial charge on any atom is -0.491 e. The molecule has 3 aromatic heterocycles. The third-order valence-corrected chi connectivity index (χ3v) is 8.64. The number of rotatable bonds is 16. The van der Waals surface area contributed by atoms with Crippen molar-refractivity contribution in [1.82, 2.24) is 24.5 Å². The van der Waals surface area contributed by atoms with Gasteiger partial charge in [-0.25, -0.2) is 17.8 Å². The number of aromatic nitrogens is 5. The average Bonchev–Trinajstić information content (AvgIpc) is 3.66. The molecular formula is C32H34F3N7O5S. The highest BCUT2D eigenvalue weighted by Crippen LogP contribution is 2.39. The van der Waals surface area contributed by atoms with Gasteiger partial charge in [-0.15, -0.1) is 0 Å². The van der Waals surface area contributed by atoms with Crippen molar-refractivity contribution in [2.45, 2.75) is 50.8 Å². The first kappa shape index (κ1) is 34.2. The van der Waals surface area contributed by atoms with Crippen molar-refractivity contribution in [2.24, 2.45) is 7.05 Å². The van der Waals surface area contributed by atoms with E-state index >= 15 is 0 Å². The molecule has 0 saturated heterocycles. The highest BCUT2D eigenvalue weighted by atomic mass is 32.2. The standard InChI is InChI=1S/C32H34F3N7O5S/c1-41-30-24(22-17-38-42(19-22)14-5-3-2-4-6-27(43)44)18-37-31(36)28(30)29(39-41)21-9-12-25(40-48(45,46)32(34)35)26(16-21)47-15-13-20-7-10-23(33)11-8-20/h7-12,16-19,32,40H,2-6,13-15H2,1H3,(H2,36,37)(H,43,44). The van der Waals surface area contributed by atoms with Gasteiger partial charge in [0.25, 0.3) is 10.0 Å². The Bertz CT molecular complexity index is 2010. The number of sulfonamides is 1. The van der Waals surface area contributed by atoms with E-state index in [1.54, 1.807) is 40.9 Å². The molecule has 48 heavy (non-hydrogen) atoms. The second-order valence-electron chi connectivity index (χ2n) is 11.1. The molecule has 2 aromatic carbocycles. The van der Waals surface area contributed by atoms with Crippen LogP contribution in [0.15, 0.2) is 61.1 Å². The zero-order valence-electron chi connectivity index (χ0n) is 25.9. The molecule has 4 N–H and O–H groups in total. The number of unbranched alkanes of at least 4 members (excludes halogenated alkanes) is 3. The number of nitrogen functional groups attached to an aromatic ring is 1. The van der Waals surface area contributed by atoms with Gasteiger partial charge in [0.1, 0.15) is 23.1 Å². The third-order valence-electron chi connectivity index (χ3n) is 7.67. The molecule has 0 aliphatic rings. The second-order valence-corrected chi connectivity index (χ2v) is 12.8. The van der Waals surface area contributed by atoms with E-state index in [4.69, 9.17) is 20.7 Å².